The van der Waals surface area contributed by atoms with Crippen LogP contribution in [0, 0.1) is 0 Å². The third kappa shape index (κ3) is 2.35. The summed E-state index contributed by atoms with van der Waals surface area (Å²) in [6.07, 6.45) is 8.24. The molecule has 1 aromatic heterocycles. The lowest BCUT2D eigenvalue weighted by Crippen LogP contribution is -2.54. The summed E-state index contributed by atoms with van der Waals surface area (Å²) >= 11 is 0. The lowest BCUT2D eigenvalue weighted by molar-refractivity contribution is 0.0235. The predicted octanol–water partition coefficient (Wildman–Crippen LogP) is 1.93. The molecule has 0 aliphatic carbocycles. The van der Waals surface area contributed by atoms with E-state index >= 15 is 0 Å². The summed E-state index contributed by atoms with van der Waals surface area (Å²) in [6.45, 7) is 1.00. The van der Waals surface area contributed by atoms with E-state index < -0.39 is 0 Å². The number of rotatable bonds is 2. The van der Waals surface area contributed by atoms with Crippen molar-refractivity contribution in [3.05, 3.63) is 30.1 Å². The highest BCUT2D eigenvalue weighted by atomic mass is 15.2. The van der Waals surface area contributed by atoms with Gasteiger partial charge < -0.3 is 5.73 Å². The summed E-state index contributed by atoms with van der Waals surface area (Å²) in [6, 6.07) is 8.00. The van der Waals surface area contributed by atoms with Gasteiger partial charge in [-0.3, -0.25) is 9.88 Å². The third-order valence-corrected chi connectivity index (χ3v) is 4.23. The normalized spacial score (nSPS) is 33.6. The molecule has 0 amide bonds. The third-order valence-electron chi connectivity index (χ3n) is 4.23. The minimum Gasteiger partial charge on any atom is -0.328 e. The average Bonchev–Trinajstić information content (AvgIpc) is 2.32. The Bertz CT molecular complexity index is 351. The highest BCUT2D eigenvalue weighted by Gasteiger charge is 2.36. The Morgan fingerprint density at radius 1 is 1.24 bits per heavy atom. The molecule has 2 bridgehead atoms. The van der Waals surface area contributed by atoms with Gasteiger partial charge in [0.05, 0.1) is 5.69 Å². The summed E-state index contributed by atoms with van der Waals surface area (Å²) < 4.78 is 0. The number of hydrogen-bond donors (Lipinski definition) is 1. The van der Waals surface area contributed by atoms with Crippen LogP contribution in [0.25, 0.3) is 0 Å². The molecule has 3 nitrogen and oxygen atoms in total. The number of pyridine rings is 1. The van der Waals surface area contributed by atoms with Crippen molar-refractivity contribution in [2.45, 2.75) is 56.8 Å². The lowest BCUT2D eigenvalue weighted by atomic mass is 9.82. The van der Waals surface area contributed by atoms with Gasteiger partial charge in [0.1, 0.15) is 0 Å². The van der Waals surface area contributed by atoms with Crippen molar-refractivity contribution in [3.8, 4) is 0 Å². The van der Waals surface area contributed by atoms with Gasteiger partial charge in [0.15, 0.2) is 0 Å². The summed E-state index contributed by atoms with van der Waals surface area (Å²) in [7, 11) is 0. The van der Waals surface area contributed by atoms with Crippen molar-refractivity contribution in [2.24, 2.45) is 5.73 Å². The van der Waals surface area contributed by atoms with Crippen molar-refractivity contribution >= 4 is 0 Å². The van der Waals surface area contributed by atoms with E-state index in [2.05, 4.69) is 22.0 Å². The van der Waals surface area contributed by atoms with Gasteiger partial charge >= 0.3 is 0 Å². The second-order valence-electron chi connectivity index (χ2n) is 5.46. The predicted molar refractivity (Wildman–Crippen MR) is 68.4 cm³/mol. The maximum absolute atomic E-state index is 6.14. The van der Waals surface area contributed by atoms with Crippen molar-refractivity contribution < 1.29 is 0 Å². The largest absolute Gasteiger partial charge is 0.328 e. The summed E-state index contributed by atoms with van der Waals surface area (Å²) in [5.41, 5.74) is 7.33. The van der Waals surface area contributed by atoms with Crippen LogP contribution in [0.3, 0.4) is 0 Å². The molecule has 2 aliphatic rings. The second kappa shape index (κ2) is 4.75. The van der Waals surface area contributed by atoms with Crippen LogP contribution in [0.15, 0.2) is 24.4 Å². The number of aromatic nitrogens is 1. The van der Waals surface area contributed by atoms with Crippen LogP contribution in [0.5, 0.6) is 0 Å². The number of hydrogen-bond acceptors (Lipinski definition) is 3. The van der Waals surface area contributed by atoms with E-state index in [1.54, 1.807) is 0 Å². The SMILES string of the molecule is NC1CC2CCCC(C1)N2Cc1ccccn1. The molecule has 1 aromatic rings. The molecule has 0 radical (unpaired) electrons. The molecular formula is C14H21N3. The molecule has 0 aromatic carbocycles. The Morgan fingerprint density at radius 3 is 2.65 bits per heavy atom. The number of piperidine rings is 2. The summed E-state index contributed by atoms with van der Waals surface area (Å²) in [4.78, 5) is 7.09. The van der Waals surface area contributed by atoms with Crippen LogP contribution in [0.2, 0.25) is 0 Å². The minimum atomic E-state index is 0.422. The lowest BCUT2D eigenvalue weighted by Gasteiger charge is -2.48. The molecule has 2 fully saturated rings. The molecule has 92 valence electrons. The standard InChI is InChI=1S/C14H21N3/c15-11-8-13-5-3-6-14(9-11)17(13)10-12-4-1-2-7-16-12/h1-2,4,7,11,13-14H,3,5-6,8-10,15H2. The fraction of sp³-hybridized carbons (Fsp3) is 0.643. The zero-order chi connectivity index (χ0) is 11.7. The first-order valence-corrected chi connectivity index (χ1v) is 6.74. The molecule has 2 atom stereocenters. The van der Waals surface area contributed by atoms with Gasteiger partial charge in [0.25, 0.3) is 0 Å². The van der Waals surface area contributed by atoms with Gasteiger partial charge in [-0.25, -0.2) is 0 Å². The smallest absolute Gasteiger partial charge is 0.0544 e. The fourth-order valence-electron chi connectivity index (χ4n) is 3.46. The van der Waals surface area contributed by atoms with Gasteiger partial charge in [-0.1, -0.05) is 12.5 Å². The molecule has 3 heterocycles. The summed E-state index contributed by atoms with van der Waals surface area (Å²) in [5.74, 6) is 0. The monoisotopic (exact) mass is 231 g/mol. The van der Waals surface area contributed by atoms with Crippen molar-refractivity contribution in [1.82, 2.24) is 9.88 Å². The molecule has 2 unspecified atom stereocenters. The van der Waals surface area contributed by atoms with Crippen LogP contribution in [-0.4, -0.2) is 28.0 Å². The van der Waals surface area contributed by atoms with Gasteiger partial charge in [-0.05, 0) is 37.8 Å². The van der Waals surface area contributed by atoms with Crippen LogP contribution in [0.1, 0.15) is 37.8 Å². The molecule has 0 spiro atoms. The summed E-state index contributed by atoms with van der Waals surface area (Å²) in [5, 5.41) is 0. The molecule has 2 N–H and O–H groups in total. The minimum absolute atomic E-state index is 0.422. The first-order valence-electron chi connectivity index (χ1n) is 6.74. The second-order valence-corrected chi connectivity index (χ2v) is 5.46. The number of nitrogens with zero attached hydrogens (tertiary/aromatic N) is 2. The molecule has 3 heteroatoms. The van der Waals surface area contributed by atoms with Crippen molar-refractivity contribution in [2.75, 3.05) is 0 Å². The van der Waals surface area contributed by atoms with E-state index in [0.717, 1.165) is 6.54 Å². The first-order chi connectivity index (χ1) is 8.33. The maximum Gasteiger partial charge on any atom is 0.0544 e. The Hall–Kier alpha value is -0.930. The highest BCUT2D eigenvalue weighted by Crippen LogP contribution is 2.34. The molecule has 0 saturated carbocycles. The van der Waals surface area contributed by atoms with Gasteiger partial charge in [-0.15, -0.1) is 0 Å². The Morgan fingerprint density at radius 2 is 2.00 bits per heavy atom. The van der Waals surface area contributed by atoms with Crippen LogP contribution in [-0.2, 0) is 6.54 Å². The quantitative estimate of drug-likeness (QED) is 0.845. The highest BCUT2D eigenvalue weighted by molar-refractivity contribution is 5.05. The van der Waals surface area contributed by atoms with Crippen LogP contribution < -0.4 is 5.73 Å². The Balaban J connectivity index is 1.74. The van der Waals surface area contributed by atoms with Gasteiger partial charge in [0.2, 0.25) is 0 Å². The fourth-order valence-corrected chi connectivity index (χ4v) is 3.46. The van der Waals surface area contributed by atoms with E-state index in [4.69, 9.17) is 5.73 Å². The van der Waals surface area contributed by atoms with E-state index in [1.165, 1.54) is 37.8 Å². The maximum atomic E-state index is 6.14. The first kappa shape index (κ1) is 11.2. The van der Waals surface area contributed by atoms with E-state index in [-0.39, 0.29) is 0 Å². The van der Waals surface area contributed by atoms with Crippen LogP contribution >= 0.6 is 0 Å². The number of fused-ring (bicyclic) bond motifs is 2. The Kier molecular flexibility index (Phi) is 3.12. The van der Waals surface area contributed by atoms with Crippen LogP contribution in [0.4, 0.5) is 0 Å². The van der Waals surface area contributed by atoms with E-state index in [0.29, 0.717) is 18.1 Å². The molecule has 17 heavy (non-hydrogen) atoms. The van der Waals surface area contributed by atoms with Gasteiger partial charge in [-0.2, -0.15) is 0 Å². The topological polar surface area (TPSA) is 42.1 Å². The zero-order valence-corrected chi connectivity index (χ0v) is 10.3. The molecule has 3 rings (SSSR count). The van der Waals surface area contributed by atoms with Crippen molar-refractivity contribution in [3.63, 3.8) is 0 Å². The Labute approximate surface area is 103 Å². The van der Waals surface area contributed by atoms with Crippen molar-refractivity contribution in [1.29, 1.82) is 0 Å². The van der Waals surface area contributed by atoms with Gasteiger partial charge in [0, 0.05) is 30.9 Å². The van der Waals surface area contributed by atoms with E-state index in [1.807, 2.05) is 12.3 Å². The average molecular weight is 231 g/mol. The molecule has 2 saturated heterocycles. The zero-order valence-electron chi connectivity index (χ0n) is 10.3. The molecule has 2 aliphatic heterocycles. The molecular weight excluding hydrogens is 210 g/mol. The number of nitrogens with two attached hydrogens (primary N) is 1. The van der Waals surface area contributed by atoms with E-state index in [9.17, 15) is 0 Å².